The maximum Gasteiger partial charge on any atom is 0.225 e. The summed E-state index contributed by atoms with van der Waals surface area (Å²) >= 11 is 6.34. The van der Waals surface area contributed by atoms with Gasteiger partial charge in [0.15, 0.2) is 0 Å². The van der Waals surface area contributed by atoms with Crippen molar-refractivity contribution < 1.29 is 39.7 Å². The van der Waals surface area contributed by atoms with Crippen LogP contribution in [0.5, 0.6) is 5.75 Å². The molecule has 0 saturated carbocycles. The van der Waals surface area contributed by atoms with Gasteiger partial charge in [-0.15, -0.1) is 0 Å². The Morgan fingerprint density at radius 2 is 1.84 bits per heavy atom. The van der Waals surface area contributed by atoms with Crippen LogP contribution >= 0.6 is 11.6 Å². The van der Waals surface area contributed by atoms with E-state index >= 15 is 0 Å². The van der Waals surface area contributed by atoms with Crippen molar-refractivity contribution in [3.05, 3.63) is 64.2 Å². The van der Waals surface area contributed by atoms with Crippen LogP contribution in [-0.4, -0.2) is 69.3 Å². The largest absolute Gasteiger partial charge is 0.494 e. The molecule has 0 radical (unpaired) electrons. The van der Waals surface area contributed by atoms with Gasteiger partial charge in [0.05, 0.1) is 19.8 Å². The van der Waals surface area contributed by atoms with Crippen molar-refractivity contribution >= 4 is 11.6 Å². The van der Waals surface area contributed by atoms with Crippen LogP contribution in [0.1, 0.15) is 29.7 Å². The van der Waals surface area contributed by atoms with Crippen molar-refractivity contribution in [2.75, 3.05) is 19.8 Å². The molecule has 6 atom stereocenters. The lowest BCUT2D eigenvalue weighted by atomic mass is 9.83. The Hall–Kier alpha value is -1.75. The standard InChI is InChI=1S/C22H25ClO8/c1-2-29-14-6-3-12(4-7-14)17(25)15-9-13(5-8-16(15)23)22-20(28)18(26)19(27)21(10-24,31-22)11-30-22/h3-9,17-20,24-28H,2,10-11H2,1H3/t17?,18-,19-,20+,21-,22-/m0/s1. The molecule has 168 valence electrons. The van der Waals surface area contributed by atoms with Gasteiger partial charge in [0.2, 0.25) is 5.79 Å². The number of aliphatic hydroxyl groups is 5. The molecule has 0 aliphatic carbocycles. The van der Waals surface area contributed by atoms with Crippen LogP contribution in [0.4, 0.5) is 0 Å². The molecule has 0 spiro atoms. The number of ether oxygens (including phenoxy) is 3. The van der Waals surface area contributed by atoms with E-state index in [-0.39, 0.29) is 17.2 Å². The van der Waals surface area contributed by atoms with Gasteiger partial charge >= 0.3 is 0 Å². The highest BCUT2D eigenvalue weighted by Gasteiger charge is 2.67. The highest BCUT2D eigenvalue weighted by Crippen LogP contribution is 2.50. The summed E-state index contributed by atoms with van der Waals surface area (Å²) in [6, 6.07) is 11.5. The lowest BCUT2D eigenvalue weighted by Gasteiger charge is -2.46. The molecule has 2 aromatic carbocycles. The first-order chi connectivity index (χ1) is 14.8. The summed E-state index contributed by atoms with van der Waals surface area (Å²) in [5.74, 6) is -1.16. The number of hydrogen-bond donors (Lipinski definition) is 5. The van der Waals surface area contributed by atoms with Gasteiger partial charge in [0, 0.05) is 16.1 Å². The fourth-order valence-corrected chi connectivity index (χ4v) is 4.36. The van der Waals surface area contributed by atoms with Gasteiger partial charge in [-0.1, -0.05) is 29.8 Å². The third kappa shape index (κ3) is 3.53. The molecular formula is C22H25ClO8. The zero-order valence-corrected chi connectivity index (χ0v) is 17.6. The predicted molar refractivity (Wildman–Crippen MR) is 110 cm³/mol. The Morgan fingerprint density at radius 3 is 2.48 bits per heavy atom. The SMILES string of the molecule is CCOc1ccc(C(O)c2cc([C@]34OC[C@](CO)(O3)[C@@H](O)[C@H](O)[C@H]4O)ccc2Cl)cc1. The molecule has 1 unspecified atom stereocenters. The first-order valence-electron chi connectivity index (χ1n) is 9.98. The van der Waals surface area contributed by atoms with E-state index in [0.29, 0.717) is 23.5 Å². The normalized spacial score (nSPS) is 33.3. The van der Waals surface area contributed by atoms with Crippen molar-refractivity contribution in [2.24, 2.45) is 0 Å². The fourth-order valence-electron chi connectivity index (χ4n) is 4.14. The van der Waals surface area contributed by atoms with Crippen LogP contribution in [0, 0.1) is 0 Å². The minimum atomic E-state index is -1.83. The van der Waals surface area contributed by atoms with E-state index in [1.165, 1.54) is 18.2 Å². The fraction of sp³-hybridized carbons (Fsp3) is 0.455. The Kier molecular flexibility index (Phi) is 6.01. The van der Waals surface area contributed by atoms with Gasteiger partial charge in [-0.05, 0) is 36.8 Å². The van der Waals surface area contributed by atoms with Gasteiger partial charge in [0.1, 0.15) is 35.8 Å². The van der Waals surface area contributed by atoms with Crippen LogP contribution in [-0.2, 0) is 15.3 Å². The number of halogens is 1. The van der Waals surface area contributed by atoms with Crippen LogP contribution in [0.2, 0.25) is 5.02 Å². The molecule has 4 rings (SSSR count). The molecule has 8 nitrogen and oxygen atoms in total. The molecule has 2 saturated heterocycles. The average molecular weight is 453 g/mol. The Bertz CT molecular complexity index is 938. The second-order valence-electron chi connectivity index (χ2n) is 7.80. The quantitative estimate of drug-likeness (QED) is 0.436. The van der Waals surface area contributed by atoms with Crippen molar-refractivity contribution in [3.63, 3.8) is 0 Å². The summed E-state index contributed by atoms with van der Waals surface area (Å²) in [6.45, 7) is 1.55. The number of aliphatic hydroxyl groups excluding tert-OH is 5. The first kappa shape index (κ1) is 22.4. The summed E-state index contributed by atoms with van der Waals surface area (Å²) < 4.78 is 17.0. The van der Waals surface area contributed by atoms with E-state index < -0.39 is 42.4 Å². The molecule has 5 N–H and O–H groups in total. The van der Waals surface area contributed by atoms with Crippen molar-refractivity contribution in [3.8, 4) is 5.75 Å². The molecule has 9 heteroatoms. The molecule has 2 fully saturated rings. The summed E-state index contributed by atoms with van der Waals surface area (Å²) in [5.41, 5.74) is -0.394. The zero-order valence-electron chi connectivity index (χ0n) is 16.8. The van der Waals surface area contributed by atoms with Gasteiger partial charge in [0.25, 0.3) is 0 Å². The third-order valence-corrected chi connectivity index (χ3v) is 6.27. The molecule has 0 amide bonds. The minimum Gasteiger partial charge on any atom is -0.494 e. The van der Waals surface area contributed by atoms with E-state index in [1.54, 1.807) is 24.3 Å². The number of rotatable bonds is 6. The predicted octanol–water partition coefficient (Wildman–Crippen LogP) is 0.847. The van der Waals surface area contributed by atoms with E-state index in [2.05, 4.69) is 0 Å². The molecule has 31 heavy (non-hydrogen) atoms. The van der Waals surface area contributed by atoms with Crippen LogP contribution in [0.25, 0.3) is 0 Å². The van der Waals surface area contributed by atoms with Gasteiger partial charge in [-0.2, -0.15) is 0 Å². The second kappa shape index (κ2) is 8.31. The lowest BCUT2D eigenvalue weighted by molar-refractivity contribution is -0.329. The minimum absolute atomic E-state index is 0.238. The average Bonchev–Trinajstić information content (AvgIpc) is 3.17. The van der Waals surface area contributed by atoms with Crippen LogP contribution in [0.3, 0.4) is 0 Å². The Balaban J connectivity index is 1.71. The molecule has 2 aromatic rings. The Labute approximate surface area is 184 Å². The number of fused-ring (bicyclic) bond motifs is 2. The maximum absolute atomic E-state index is 10.9. The van der Waals surface area contributed by atoms with E-state index in [9.17, 15) is 25.5 Å². The van der Waals surface area contributed by atoms with Crippen LogP contribution < -0.4 is 4.74 Å². The molecule has 2 aliphatic heterocycles. The highest BCUT2D eigenvalue weighted by molar-refractivity contribution is 6.31. The molecule has 2 bridgehead atoms. The van der Waals surface area contributed by atoms with Crippen molar-refractivity contribution in [2.45, 2.75) is 42.7 Å². The maximum atomic E-state index is 10.9. The van der Waals surface area contributed by atoms with Gasteiger partial charge in [-0.25, -0.2) is 0 Å². The van der Waals surface area contributed by atoms with E-state index in [0.717, 1.165) is 0 Å². The smallest absolute Gasteiger partial charge is 0.225 e. The topological polar surface area (TPSA) is 129 Å². The molecular weight excluding hydrogens is 428 g/mol. The molecule has 2 aliphatic rings. The molecule has 0 aromatic heterocycles. The van der Waals surface area contributed by atoms with Crippen molar-refractivity contribution in [1.29, 1.82) is 0 Å². The highest BCUT2D eigenvalue weighted by atomic mass is 35.5. The van der Waals surface area contributed by atoms with Gasteiger partial charge in [-0.3, -0.25) is 0 Å². The summed E-state index contributed by atoms with van der Waals surface area (Å²) in [6.07, 6.45) is -5.89. The van der Waals surface area contributed by atoms with Crippen LogP contribution in [0.15, 0.2) is 42.5 Å². The lowest BCUT2D eigenvalue weighted by Crippen LogP contribution is -2.65. The monoisotopic (exact) mass is 452 g/mol. The van der Waals surface area contributed by atoms with E-state index in [1.807, 2.05) is 6.92 Å². The summed E-state index contributed by atoms with van der Waals surface area (Å²) in [7, 11) is 0. The zero-order chi connectivity index (χ0) is 22.4. The van der Waals surface area contributed by atoms with E-state index in [4.69, 9.17) is 25.8 Å². The Morgan fingerprint density at radius 1 is 1.13 bits per heavy atom. The number of hydrogen-bond acceptors (Lipinski definition) is 8. The molecule has 2 heterocycles. The second-order valence-corrected chi connectivity index (χ2v) is 8.21. The van der Waals surface area contributed by atoms with Crippen molar-refractivity contribution in [1.82, 2.24) is 0 Å². The third-order valence-electron chi connectivity index (χ3n) is 5.93. The first-order valence-corrected chi connectivity index (χ1v) is 10.4. The number of benzene rings is 2. The summed E-state index contributed by atoms with van der Waals surface area (Å²) in [4.78, 5) is 0. The summed E-state index contributed by atoms with van der Waals surface area (Å²) in [5, 5.41) is 52.4. The van der Waals surface area contributed by atoms with Gasteiger partial charge < -0.3 is 39.7 Å².